The number of hydrogen-bond donors (Lipinski definition) is 1. The van der Waals surface area contributed by atoms with E-state index in [0.717, 1.165) is 5.56 Å². The Morgan fingerprint density at radius 2 is 1.12 bits per heavy atom. The van der Waals surface area contributed by atoms with E-state index in [2.05, 4.69) is 0 Å². The van der Waals surface area contributed by atoms with Gasteiger partial charge < -0.3 is 10.0 Å². The van der Waals surface area contributed by atoms with Crippen molar-refractivity contribution in [2.45, 2.75) is 12.3 Å². The van der Waals surface area contributed by atoms with Crippen LogP contribution in [0.3, 0.4) is 0 Å². The maximum Gasteiger partial charge on any atom is 0.304 e. The molecule has 0 aromatic heterocycles. The highest BCUT2D eigenvalue weighted by Crippen LogP contribution is 2.40. The van der Waals surface area contributed by atoms with Gasteiger partial charge in [0.15, 0.2) is 11.6 Å². The largest absolute Gasteiger partial charge is 0.481 e. The quantitative estimate of drug-likeness (QED) is 0.519. The summed E-state index contributed by atoms with van der Waals surface area (Å²) in [6.07, 6.45) is -0.0332. The zero-order chi connectivity index (χ0) is 23.2. The van der Waals surface area contributed by atoms with Gasteiger partial charge in [0, 0.05) is 48.5 Å². The monoisotopic (exact) mass is 441 g/mol. The molecule has 1 saturated heterocycles. The van der Waals surface area contributed by atoms with Gasteiger partial charge in [0.1, 0.15) is 0 Å². The first kappa shape index (κ1) is 22.6. The summed E-state index contributed by atoms with van der Waals surface area (Å²) in [7, 11) is 0. The average Bonchev–Trinajstić information content (AvgIpc) is 2.87. The zero-order valence-corrected chi connectivity index (χ0v) is 18.3. The van der Waals surface area contributed by atoms with Gasteiger partial charge in [-0.2, -0.15) is 0 Å². The molecule has 3 aromatic rings. The highest BCUT2D eigenvalue weighted by atomic mass is 16.4. The van der Waals surface area contributed by atoms with Gasteiger partial charge in [-0.05, 0) is 5.56 Å². The maximum absolute atomic E-state index is 13.7. The second-order valence-corrected chi connectivity index (χ2v) is 8.51. The number of likely N-dealkylation sites (tertiary alicyclic amines) is 1. The Morgan fingerprint density at radius 3 is 1.55 bits per heavy atom. The third-order valence-electron chi connectivity index (χ3n) is 6.39. The summed E-state index contributed by atoms with van der Waals surface area (Å²) < 4.78 is 0. The number of Topliss-reactive ketones (excluding diaryl/α,β-unsaturated/α-hetero) is 2. The smallest absolute Gasteiger partial charge is 0.304 e. The molecule has 1 aliphatic heterocycles. The molecule has 3 atom stereocenters. The standard InChI is InChI=1S/C28H27NO4/c30-25(31)16-17-29-18-23(27(32)21-12-6-2-7-13-21)26(20-10-4-1-5-11-20)24(19-29)28(33)22-14-8-3-9-15-22/h1-15,23-24,26H,16-19H2,(H,30,31)/t23-,24+,26-. The number of piperidine rings is 1. The summed E-state index contributed by atoms with van der Waals surface area (Å²) in [6, 6.07) is 28.0. The van der Waals surface area contributed by atoms with Crippen LogP contribution in [0.15, 0.2) is 91.0 Å². The number of aliphatic carboxylic acids is 1. The van der Waals surface area contributed by atoms with Gasteiger partial charge in [0.05, 0.1) is 6.42 Å². The van der Waals surface area contributed by atoms with E-state index in [-0.39, 0.29) is 23.9 Å². The summed E-state index contributed by atoms with van der Waals surface area (Å²) in [5.74, 6) is -2.15. The van der Waals surface area contributed by atoms with Crippen LogP contribution >= 0.6 is 0 Å². The Kier molecular flexibility index (Phi) is 7.10. The summed E-state index contributed by atoms with van der Waals surface area (Å²) in [4.78, 5) is 40.6. The van der Waals surface area contributed by atoms with E-state index in [1.807, 2.05) is 71.6 Å². The molecular weight excluding hydrogens is 414 g/mol. The van der Waals surface area contributed by atoms with Crippen LogP contribution in [-0.2, 0) is 4.79 Å². The molecule has 168 valence electrons. The molecule has 1 fully saturated rings. The van der Waals surface area contributed by atoms with Crippen LogP contribution in [0.4, 0.5) is 0 Å². The number of hydrogen-bond acceptors (Lipinski definition) is 4. The number of carboxylic acids is 1. The van der Waals surface area contributed by atoms with Crippen LogP contribution in [-0.4, -0.2) is 47.2 Å². The van der Waals surface area contributed by atoms with Gasteiger partial charge in [0.2, 0.25) is 0 Å². The topological polar surface area (TPSA) is 74.7 Å². The molecule has 0 aliphatic carbocycles. The second-order valence-electron chi connectivity index (χ2n) is 8.51. The maximum atomic E-state index is 13.7. The average molecular weight is 442 g/mol. The Labute approximate surface area is 193 Å². The molecule has 5 heteroatoms. The molecule has 5 nitrogen and oxygen atoms in total. The van der Waals surface area contributed by atoms with Crippen molar-refractivity contribution in [1.82, 2.24) is 4.90 Å². The minimum absolute atomic E-state index is 0.0182. The van der Waals surface area contributed by atoms with Gasteiger partial charge >= 0.3 is 5.97 Å². The number of nitrogens with zero attached hydrogens (tertiary/aromatic N) is 1. The lowest BCUT2D eigenvalue weighted by Crippen LogP contribution is -2.50. The van der Waals surface area contributed by atoms with E-state index in [1.54, 1.807) is 24.3 Å². The zero-order valence-electron chi connectivity index (χ0n) is 18.3. The molecular formula is C28H27NO4. The van der Waals surface area contributed by atoms with Gasteiger partial charge in [-0.3, -0.25) is 14.4 Å². The third kappa shape index (κ3) is 5.26. The number of carbonyl (C=O) groups is 3. The van der Waals surface area contributed by atoms with Crippen molar-refractivity contribution in [1.29, 1.82) is 0 Å². The Morgan fingerprint density at radius 1 is 0.697 bits per heavy atom. The van der Waals surface area contributed by atoms with Crippen molar-refractivity contribution in [3.8, 4) is 0 Å². The number of ketones is 2. The molecule has 0 unspecified atom stereocenters. The predicted molar refractivity (Wildman–Crippen MR) is 126 cm³/mol. The molecule has 0 bridgehead atoms. The first-order chi connectivity index (χ1) is 16.0. The van der Waals surface area contributed by atoms with Crippen LogP contribution in [0.2, 0.25) is 0 Å². The van der Waals surface area contributed by atoms with Crippen molar-refractivity contribution < 1.29 is 19.5 Å². The van der Waals surface area contributed by atoms with Gasteiger partial charge in [0.25, 0.3) is 0 Å². The molecule has 33 heavy (non-hydrogen) atoms. The molecule has 1 aliphatic rings. The molecule has 1 heterocycles. The lowest BCUT2D eigenvalue weighted by molar-refractivity contribution is -0.137. The summed E-state index contributed by atoms with van der Waals surface area (Å²) >= 11 is 0. The lowest BCUT2D eigenvalue weighted by atomic mass is 9.68. The van der Waals surface area contributed by atoms with Crippen LogP contribution in [0.1, 0.15) is 38.6 Å². The Hall–Kier alpha value is -3.57. The number of carbonyl (C=O) groups excluding carboxylic acids is 2. The first-order valence-corrected chi connectivity index (χ1v) is 11.2. The van der Waals surface area contributed by atoms with Crippen LogP contribution in [0.5, 0.6) is 0 Å². The van der Waals surface area contributed by atoms with Gasteiger partial charge in [-0.1, -0.05) is 91.0 Å². The van der Waals surface area contributed by atoms with Crippen LogP contribution < -0.4 is 0 Å². The SMILES string of the molecule is O=C(O)CCN1C[C@H](C(=O)c2ccccc2)[C@H](c2ccccc2)[C@H](C(=O)c2ccccc2)C1. The summed E-state index contributed by atoms with van der Waals surface area (Å²) in [5, 5.41) is 9.22. The van der Waals surface area contributed by atoms with E-state index in [1.165, 1.54) is 0 Å². The molecule has 3 aromatic carbocycles. The lowest BCUT2D eigenvalue weighted by Gasteiger charge is -2.43. The fourth-order valence-corrected chi connectivity index (χ4v) is 4.84. The highest BCUT2D eigenvalue weighted by Gasteiger charge is 2.44. The van der Waals surface area contributed by atoms with Gasteiger partial charge in [-0.25, -0.2) is 0 Å². The first-order valence-electron chi connectivity index (χ1n) is 11.2. The highest BCUT2D eigenvalue weighted by molar-refractivity contribution is 6.02. The number of benzene rings is 3. The summed E-state index contributed by atoms with van der Waals surface area (Å²) in [5.41, 5.74) is 2.17. The molecule has 4 rings (SSSR count). The Balaban J connectivity index is 1.77. The van der Waals surface area contributed by atoms with Crippen molar-refractivity contribution in [2.75, 3.05) is 19.6 Å². The van der Waals surface area contributed by atoms with E-state index in [4.69, 9.17) is 0 Å². The van der Waals surface area contributed by atoms with Crippen LogP contribution in [0, 0.1) is 11.8 Å². The van der Waals surface area contributed by atoms with Crippen molar-refractivity contribution in [3.63, 3.8) is 0 Å². The molecule has 0 saturated carbocycles. The minimum atomic E-state index is -0.892. The molecule has 0 spiro atoms. The molecule has 0 radical (unpaired) electrons. The molecule has 0 amide bonds. The normalized spacial score (nSPS) is 20.8. The third-order valence-corrected chi connectivity index (χ3v) is 6.39. The minimum Gasteiger partial charge on any atom is -0.481 e. The van der Waals surface area contributed by atoms with E-state index < -0.39 is 17.8 Å². The van der Waals surface area contributed by atoms with E-state index in [0.29, 0.717) is 30.8 Å². The second kappa shape index (κ2) is 10.4. The van der Waals surface area contributed by atoms with Crippen molar-refractivity contribution >= 4 is 17.5 Å². The fraction of sp³-hybridized carbons (Fsp3) is 0.250. The van der Waals surface area contributed by atoms with Crippen LogP contribution in [0.25, 0.3) is 0 Å². The van der Waals surface area contributed by atoms with Crippen molar-refractivity contribution in [3.05, 3.63) is 108 Å². The molecule has 1 N–H and O–H groups in total. The van der Waals surface area contributed by atoms with E-state index in [9.17, 15) is 19.5 Å². The van der Waals surface area contributed by atoms with Gasteiger partial charge in [-0.15, -0.1) is 0 Å². The predicted octanol–water partition coefficient (Wildman–Crippen LogP) is 4.56. The Bertz CT molecular complexity index is 1040. The van der Waals surface area contributed by atoms with E-state index >= 15 is 0 Å². The summed E-state index contributed by atoms with van der Waals surface area (Å²) in [6.45, 7) is 1.13. The fourth-order valence-electron chi connectivity index (χ4n) is 4.84. The number of rotatable bonds is 8. The van der Waals surface area contributed by atoms with Crippen molar-refractivity contribution in [2.24, 2.45) is 11.8 Å². The number of carboxylic acid groups (broad SMARTS) is 1.